The highest BCUT2D eigenvalue weighted by atomic mass is 16.6. The molecule has 20 heavy (non-hydrogen) atoms. The van der Waals surface area contributed by atoms with Crippen LogP contribution in [0.4, 0.5) is 0 Å². The predicted octanol–water partition coefficient (Wildman–Crippen LogP) is 3.51. The number of esters is 1. The Balaban J connectivity index is 2.17. The van der Waals surface area contributed by atoms with Crippen LogP contribution in [0, 0.1) is 13.8 Å². The number of benzene rings is 1. The number of ether oxygens (including phenoxy) is 2. The Morgan fingerprint density at radius 2 is 1.95 bits per heavy atom. The van der Waals surface area contributed by atoms with E-state index in [-0.39, 0.29) is 12.6 Å². The molecule has 2 aromatic rings. The van der Waals surface area contributed by atoms with E-state index in [1.807, 2.05) is 38.1 Å². The summed E-state index contributed by atoms with van der Waals surface area (Å²) in [5.74, 6) is 1.17. The molecule has 0 atom stereocenters. The van der Waals surface area contributed by atoms with Crippen LogP contribution in [0.25, 0.3) is 11.3 Å². The maximum atomic E-state index is 11.3. The molecule has 0 unspecified atom stereocenters. The highest BCUT2D eigenvalue weighted by Gasteiger charge is 2.11. The molecule has 0 aliphatic rings. The van der Waals surface area contributed by atoms with E-state index in [4.69, 9.17) is 13.9 Å². The number of aryl methyl sites for hydroxylation is 2. The fraction of sp³-hybridized carbons (Fsp3) is 0.312. The van der Waals surface area contributed by atoms with Crippen LogP contribution >= 0.6 is 0 Å². The topological polar surface area (TPSA) is 48.7 Å². The smallest absolute Gasteiger partial charge is 0.344 e. The van der Waals surface area contributed by atoms with Gasteiger partial charge in [0.1, 0.15) is 11.5 Å². The van der Waals surface area contributed by atoms with Gasteiger partial charge in [0.25, 0.3) is 0 Å². The van der Waals surface area contributed by atoms with E-state index < -0.39 is 0 Å². The maximum absolute atomic E-state index is 11.3. The third-order valence-electron chi connectivity index (χ3n) is 2.91. The second-order valence-corrected chi connectivity index (χ2v) is 4.51. The average Bonchev–Trinajstić information content (AvgIpc) is 2.91. The standard InChI is InChI=1S/C16H18O4/c1-4-18-15(17)10-20-16-11(2)8-13(9-12(16)3)14-6-5-7-19-14/h5-9H,4,10H2,1-3H3. The monoisotopic (exact) mass is 274 g/mol. The summed E-state index contributed by atoms with van der Waals surface area (Å²) in [5.41, 5.74) is 2.91. The van der Waals surface area contributed by atoms with Gasteiger partial charge in [-0.05, 0) is 56.2 Å². The van der Waals surface area contributed by atoms with Crippen molar-refractivity contribution in [1.82, 2.24) is 0 Å². The Kier molecular flexibility index (Phi) is 4.45. The summed E-state index contributed by atoms with van der Waals surface area (Å²) < 4.78 is 15.8. The van der Waals surface area contributed by atoms with E-state index >= 15 is 0 Å². The molecular weight excluding hydrogens is 256 g/mol. The number of hydrogen-bond donors (Lipinski definition) is 0. The molecule has 0 amide bonds. The molecule has 0 saturated heterocycles. The lowest BCUT2D eigenvalue weighted by molar-refractivity contribution is -0.145. The summed E-state index contributed by atoms with van der Waals surface area (Å²) in [7, 11) is 0. The highest BCUT2D eigenvalue weighted by molar-refractivity contribution is 5.71. The molecule has 0 aliphatic carbocycles. The van der Waals surface area contributed by atoms with Gasteiger partial charge in [-0.15, -0.1) is 0 Å². The summed E-state index contributed by atoms with van der Waals surface area (Å²) in [4.78, 5) is 11.3. The van der Waals surface area contributed by atoms with Crippen molar-refractivity contribution in [2.75, 3.05) is 13.2 Å². The minimum atomic E-state index is -0.360. The Hall–Kier alpha value is -2.23. The number of hydrogen-bond acceptors (Lipinski definition) is 4. The first kappa shape index (κ1) is 14.2. The normalized spacial score (nSPS) is 10.3. The zero-order valence-corrected chi connectivity index (χ0v) is 11.9. The zero-order chi connectivity index (χ0) is 14.5. The quantitative estimate of drug-likeness (QED) is 0.783. The van der Waals surface area contributed by atoms with Gasteiger partial charge in [0.05, 0.1) is 12.9 Å². The first-order valence-electron chi connectivity index (χ1n) is 6.55. The third-order valence-corrected chi connectivity index (χ3v) is 2.91. The lowest BCUT2D eigenvalue weighted by atomic mass is 10.0. The van der Waals surface area contributed by atoms with Crippen LogP contribution in [0.15, 0.2) is 34.9 Å². The van der Waals surface area contributed by atoms with Crippen LogP contribution in [0.2, 0.25) is 0 Å². The number of carbonyl (C=O) groups is 1. The molecule has 106 valence electrons. The van der Waals surface area contributed by atoms with Crippen molar-refractivity contribution in [2.45, 2.75) is 20.8 Å². The van der Waals surface area contributed by atoms with Crippen molar-refractivity contribution in [1.29, 1.82) is 0 Å². The van der Waals surface area contributed by atoms with Crippen molar-refractivity contribution < 1.29 is 18.7 Å². The van der Waals surface area contributed by atoms with Crippen molar-refractivity contribution in [3.05, 3.63) is 41.7 Å². The molecule has 4 heteroatoms. The fourth-order valence-electron chi connectivity index (χ4n) is 2.10. The van der Waals surface area contributed by atoms with Crippen molar-refractivity contribution in [3.63, 3.8) is 0 Å². The molecule has 0 radical (unpaired) electrons. The molecular formula is C16H18O4. The minimum Gasteiger partial charge on any atom is -0.481 e. The summed E-state index contributed by atoms with van der Waals surface area (Å²) in [5, 5.41) is 0. The molecule has 1 aromatic heterocycles. The highest BCUT2D eigenvalue weighted by Crippen LogP contribution is 2.30. The van der Waals surface area contributed by atoms with Crippen LogP contribution in [-0.2, 0) is 9.53 Å². The molecule has 0 N–H and O–H groups in total. The molecule has 0 spiro atoms. The number of furan rings is 1. The lowest BCUT2D eigenvalue weighted by Crippen LogP contribution is -2.15. The Labute approximate surface area is 118 Å². The molecule has 4 nitrogen and oxygen atoms in total. The first-order valence-corrected chi connectivity index (χ1v) is 6.55. The van der Waals surface area contributed by atoms with Crippen molar-refractivity contribution in [2.24, 2.45) is 0 Å². The van der Waals surface area contributed by atoms with Gasteiger partial charge >= 0.3 is 5.97 Å². The number of rotatable bonds is 5. The van der Waals surface area contributed by atoms with E-state index in [9.17, 15) is 4.79 Å². The molecule has 1 heterocycles. The SMILES string of the molecule is CCOC(=O)COc1c(C)cc(-c2ccco2)cc1C. The predicted molar refractivity (Wildman–Crippen MR) is 75.7 cm³/mol. The summed E-state index contributed by atoms with van der Waals surface area (Å²) in [6.45, 7) is 5.94. The molecule has 0 aliphatic heterocycles. The second kappa shape index (κ2) is 6.28. The van der Waals surface area contributed by atoms with E-state index in [0.29, 0.717) is 12.4 Å². The lowest BCUT2D eigenvalue weighted by Gasteiger charge is -2.13. The van der Waals surface area contributed by atoms with E-state index in [0.717, 1.165) is 22.5 Å². The summed E-state index contributed by atoms with van der Waals surface area (Å²) in [6.07, 6.45) is 1.64. The third kappa shape index (κ3) is 3.20. The zero-order valence-electron chi connectivity index (χ0n) is 11.9. The van der Waals surface area contributed by atoms with Crippen molar-refractivity contribution in [3.8, 4) is 17.1 Å². The van der Waals surface area contributed by atoms with Gasteiger partial charge in [0, 0.05) is 5.56 Å². The van der Waals surface area contributed by atoms with Crippen LogP contribution < -0.4 is 4.74 Å². The van der Waals surface area contributed by atoms with E-state index in [2.05, 4.69) is 0 Å². The van der Waals surface area contributed by atoms with Gasteiger partial charge in [0.2, 0.25) is 0 Å². The largest absolute Gasteiger partial charge is 0.481 e. The fourth-order valence-corrected chi connectivity index (χ4v) is 2.10. The van der Waals surface area contributed by atoms with Gasteiger partial charge in [0.15, 0.2) is 6.61 Å². The Morgan fingerprint density at radius 1 is 1.25 bits per heavy atom. The van der Waals surface area contributed by atoms with Gasteiger partial charge in [-0.3, -0.25) is 0 Å². The Morgan fingerprint density at radius 3 is 2.50 bits per heavy atom. The maximum Gasteiger partial charge on any atom is 0.344 e. The number of carbonyl (C=O) groups excluding carboxylic acids is 1. The van der Waals surface area contributed by atoms with Crippen LogP contribution in [0.3, 0.4) is 0 Å². The van der Waals surface area contributed by atoms with E-state index in [1.165, 1.54) is 0 Å². The first-order chi connectivity index (χ1) is 9.61. The van der Waals surface area contributed by atoms with Gasteiger partial charge < -0.3 is 13.9 Å². The Bertz CT molecular complexity index is 562. The van der Waals surface area contributed by atoms with E-state index in [1.54, 1.807) is 13.2 Å². The average molecular weight is 274 g/mol. The molecule has 0 saturated carbocycles. The van der Waals surface area contributed by atoms with Crippen molar-refractivity contribution >= 4 is 5.97 Å². The summed E-state index contributed by atoms with van der Waals surface area (Å²) in [6, 6.07) is 7.72. The van der Waals surface area contributed by atoms with Crippen LogP contribution in [0.1, 0.15) is 18.1 Å². The van der Waals surface area contributed by atoms with Crippen LogP contribution in [0.5, 0.6) is 5.75 Å². The van der Waals surface area contributed by atoms with Gasteiger partial charge in [-0.2, -0.15) is 0 Å². The van der Waals surface area contributed by atoms with Crippen LogP contribution in [-0.4, -0.2) is 19.2 Å². The van der Waals surface area contributed by atoms with Gasteiger partial charge in [-0.1, -0.05) is 0 Å². The summed E-state index contributed by atoms with van der Waals surface area (Å²) >= 11 is 0. The molecule has 2 rings (SSSR count). The minimum absolute atomic E-state index is 0.0738. The molecule has 0 bridgehead atoms. The molecule has 1 aromatic carbocycles. The molecule has 0 fully saturated rings. The second-order valence-electron chi connectivity index (χ2n) is 4.51. The van der Waals surface area contributed by atoms with Gasteiger partial charge in [-0.25, -0.2) is 4.79 Å².